The summed E-state index contributed by atoms with van der Waals surface area (Å²) in [6.07, 6.45) is -0.931. The summed E-state index contributed by atoms with van der Waals surface area (Å²) in [6, 6.07) is 11.3. The molecular formula is C20H22FN5O4S. The Morgan fingerprint density at radius 2 is 1.90 bits per heavy atom. The number of anilines is 1. The van der Waals surface area contributed by atoms with E-state index < -0.39 is 35.3 Å². The van der Waals surface area contributed by atoms with Crippen molar-refractivity contribution in [2.24, 2.45) is 5.73 Å². The molecular weight excluding hydrogens is 425 g/mol. The number of hydrogen-bond acceptors (Lipinski definition) is 7. The van der Waals surface area contributed by atoms with Crippen molar-refractivity contribution >= 4 is 35.2 Å². The fraction of sp³-hybridized carbons (Fsp3) is 0.250. The van der Waals surface area contributed by atoms with Crippen molar-refractivity contribution in [1.29, 1.82) is 0 Å². The summed E-state index contributed by atoms with van der Waals surface area (Å²) < 4.78 is 19.0. The largest absolute Gasteiger partial charge is 0.495 e. The molecule has 6 N–H and O–H groups in total. The monoisotopic (exact) mass is 447 g/mol. The van der Waals surface area contributed by atoms with Crippen molar-refractivity contribution < 1.29 is 23.5 Å². The lowest BCUT2D eigenvalue weighted by atomic mass is 10.1. The first-order valence-corrected chi connectivity index (χ1v) is 10.4. The molecule has 1 saturated heterocycles. The minimum atomic E-state index is -1.11. The van der Waals surface area contributed by atoms with Crippen LogP contribution < -0.4 is 31.7 Å². The number of hydrogen-bond donors (Lipinski definition) is 5. The normalized spacial score (nSPS) is 20.5. The summed E-state index contributed by atoms with van der Waals surface area (Å²) in [5.74, 6) is -1.74. The highest BCUT2D eigenvalue weighted by atomic mass is 32.2. The summed E-state index contributed by atoms with van der Waals surface area (Å²) in [5, 5.41) is 10.7. The Bertz CT molecular complexity index is 976. The van der Waals surface area contributed by atoms with Crippen LogP contribution in [0.2, 0.25) is 0 Å². The minimum Gasteiger partial charge on any atom is -0.495 e. The molecule has 2 aromatic rings. The van der Waals surface area contributed by atoms with E-state index in [9.17, 15) is 18.8 Å². The highest BCUT2D eigenvalue weighted by molar-refractivity contribution is 8.00. The van der Waals surface area contributed by atoms with Crippen LogP contribution in [0.15, 0.2) is 48.5 Å². The van der Waals surface area contributed by atoms with E-state index in [2.05, 4.69) is 21.3 Å². The van der Waals surface area contributed by atoms with Gasteiger partial charge in [-0.05, 0) is 24.3 Å². The fourth-order valence-corrected chi connectivity index (χ4v) is 3.74. The third kappa shape index (κ3) is 5.72. The standard InChI is InChI=1S/C20H22FN5O4S/c1-30-14-9-5-4-8-13(14)23-15(27)10-31-20-25-17(22)16(19(29)26-20)24-18(28)11-6-2-3-7-12(11)21/h2-9,16-17,20,25H,10,22H2,1H3,(H,23,27)(H,24,28)(H,26,29). The average molecular weight is 447 g/mol. The molecule has 0 spiro atoms. The number of halogens is 1. The molecule has 11 heteroatoms. The highest BCUT2D eigenvalue weighted by Crippen LogP contribution is 2.23. The van der Waals surface area contributed by atoms with Crippen LogP contribution in [0.4, 0.5) is 10.1 Å². The Hall–Kier alpha value is -3.15. The first-order chi connectivity index (χ1) is 14.9. The minimum absolute atomic E-state index is 0.0228. The Balaban J connectivity index is 1.51. The number of carbonyl (C=O) groups excluding carboxylic acids is 3. The summed E-state index contributed by atoms with van der Waals surface area (Å²) in [4.78, 5) is 36.9. The molecule has 1 fully saturated rings. The van der Waals surface area contributed by atoms with Gasteiger partial charge in [-0.2, -0.15) is 0 Å². The zero-order valence-electron chi connectivity index (χ0n) is 16.6. The molecule has 0 radical (unpaired) electrons. The molecule has 0 aliphatic carbocycles. The van der Waals surface area contributed by atoms with Crippen molar-refractivity contribution in [3.05, 3.63) is 59.9 Å². The van der Waals surface area contributed by atoms with E-state index >= 15 is 0 Å². The first-order valence-electron chi connectivity index (χ1n) is 9.31. The lowest BCUT2D eigenvalue weighted by Gasteiger charge is -2.35. The van der Waals surface area contributed by atoms with Crippen LogP contribution in [0.3, 0.4) is 0 Å². The fourth-order valence-electron chi connectivity index (χ4n) is 2.90. The van der Waals surface area contributed by atoms with E-state index in [1.165, 1.54) is 25.3 Å². The van der Waals surface area contributed by atoms with E-state index in [0.717, 1.165) is 17.8 Å². The van der Waals surface area contributed by atoms with Crippen molar-refractivity contribution in [3.63, 3.8) is 0 Å². The van der Waals surface area contributed by atoms with Crippen LogP contribution in [-0.4, -0.2) is 48.3 Å². The van der Waals surface area contributed by atoms with Crippen molar-refractivity contribution in [3.8, 4) is 5.75 Å². The lowest BCUT2D eigenvalue weighted by molar-refractivity contribution is -0.125. The molecule has 1 aliphatic heterocycles. The third-order valence-electron chi connectivity index (χ3n) is 4.43. The van der Waals surface area contributed by atoms with Gasteiger partial charge in [0.2, 0.25) is 11.8 Å². The van der Waals surface area contributed by atoms with Gasteiger partial charge < -0.3 is 26.4 Å². The van der Waals surface area contributed by atoms with Crippen molar-refractivity contribution in [1.82, 2.24) is 16.0 Å². The van der Waals surface area contributed by atoms with Gasteiger partial charge in [0.15, 0.2) is 0 Å². The van der Waals surface area contributed by atoms with Crippen molar-refractivity contribution in [2.45, 2.75) is 17.7 Å². The molecule has 3 rings (SSSR count). The number of nitrogens with one attached hydrogen (secondary N) is 4. The van der Waals surface area contributed by atoms with Crippen LogP contribution in [0.5, 0.6) is 5.75 Å². The van der Waals surface area contributed by atoms with Gasteiger partial charge in [-0.3, -0.25) is 19.7 Å². The van der Waals surface area contributed by atoms with Crippen molar-refractivity contribution in [2.75, 3.05) is 18.2 Å². The van der Waals surface area contributed by atoms with E-state index in [0.29, 0.717) is 11.4 Å². The first kappa shape index (κ1) is 22.5. The summed E-state index contributed by atoms with van der Waals surface area (Å²) in [7, 11) is 1.50. The van der Waals surface area contributed by atoms with Crippen LogP contribution in [0.25, 0.3) is 0 Å². The molecule has 2 aromatic carbocycles. The second-order valence-corrected chi connectivity index (χ2v) is 7.66. The third-order valence-corrected chi connectivity index (χ3v) is 5.44. The quantitative estimate of drug-likeness (QED) is 0.419. The number of ether oxygens (including phenoxy) is 1. The number of amides is 3. The smallest absolute Gasteiger partial charge is 0.254 e. The maximum Gasteiger partial charge on any atom is 0.254 e. The van der Waals surface area contributed by atoms with E-state index in [4.69, 9.17) is 10.5 Å². The molecule has 0 aromatic heterocycles. The Morgan fingerprint density at radius 3 is 2.61 bits per heavy atom. The number of carbonyl (C=O) groups is 3. The maximum atomic E-state index is 13.8. The summed E-state index contributed by atoms with van der Waals surface area (Å²) >= 11 is 1.12. The summed E-state index contributed by atoms with van der Waals surface area (Å²) in [6.45, 7) is 0. The predicted molar refractivity (Wildman–Crippen MR) is 115 cm³/mol. The van der Waals surface area contributed by atoms with Crippen LogP contribution in [0, 0.1) is 5.82 Å². The molecule has 0 saturated carbocycles. The molecule has 3 atom stereocenters. The SMILES string of the molecule is COc1ccccc1NC(=O)CSC1NC(=O)C(NC(=O)c2ccccc2F)C(N)N1. The highest BCUT2D eigenvalue weighted by Gasteiger charge is 2.35. The Kier molecular flexibility index (Phi) is 7.45. The van der Waals surface area contributed by atoms with Gasteiger partial charge in [-0.15, -0.1) is 11.8 Å². The number of methoxy groups -OCH3 is 1. The zero-order chi connectivity index (χ0) is 22.4. The lowest BCUT2D eigenvalue weighted by Crippen LogP contribution is -2.70. The van der Waals surface area contributed by atoms with Crippen LogP contribution in [-0.2, 0) is 9.59 Å². The topological polar surface area (TPSA) is 135 Å². The van der Waals surface area contributed by atoms with E-state index in [-0.39, 0.29) is 17.2 Å². The Morgan fingerprint density at radius 1 is 1.19 bits per heavy atom. The van der Waals surface area contributed by atoms with Gasteiger partial charge in [0.25, 0.3) is 5.91 Å². The predicted octanol–water partition coefficient (Wildman–Crippen LogP) is 0.592. The molecule has 31 heavy (non-hydrogen) atoms. The second-order valence-electron chi connectivity index (χ2n) is 6.57. The number of benzene rings is 2. The average Bonchev–Trinajstić information content (AvgIpc) is 2.75. The second kappa shape index (κ2) is 10.2. The van der Waals surface area contributed by atoms with Gasteiger partial charge in [-0.25, -0.2) is 4.39 Å². The molecule has 0 bridgehead atoms. The molecule has 3 amide bonds. The number of thioether (sulfide) groups is 1. The van der Waals surface area contributed by atoms with Gasteiger partial charge in [0.1, 0.15) is 23.1 Å². The molecule has 9 nitrogen and oxygen atoms in total. The summed E-state index contributed by atoms with van der Waals surface area (Å²) in [5.41, 5.74) is 5.68. The Labute approximate surface area is 182 Å². The zero-order valence-corrected chi connectivity index (χ0v) is 17.4. The van der Waals surface area contributed by atoms with Gasteiger partial charge in [-0.1, -0.05) is 24.3 Å². The molecule has 1 aliphatic rings. The van der Waals surface area contributed by atoms with Crippen LogP contribution >= 0.6 is 11.8 Å². The van der Waals surface area contributed by atoms with Gasteiger partial charge in [0.05, 0.1) is 30.3 Å². The number of rotatable bonds is 7. The number of para-hydroxylation sites is 2. The maximum absolute atomic E-state index is 13.8. The van der Waals surface area contributed by atoms with Crippen LogP contribution in [0.1, 0.15) is 10.4 Å². The van der Waals surface area contributed by atoms with Gasteiger partial charge in [0, 0.05) is 0 Å². The van der Waals surface area contributed by atoms with E-state index in [1.54, 1.807) is 24.3 Å². The number of nitrogens with two attached hydrogens (primary N) is 1. The molecule has 3 unspecified atom stereocenters. The van der Waals surface area contributed by atoms with E-state index in [1.807, 2.05) is 0 Å². The molecule has 1 heterocycles. The molecule has 164 valence electrons. The van der Waals surface area contributed by atoms with Gasteiger partial charge >= 0.3 is 0 Å².